The molecule has 0 radical (unpaired) electrons. The zero-order valence-electron chi connectivity index (χ0n) is 23.8. The van der Waals surface area contributed by atoms with Crippen molar-refractivity contribution >= 4 is 15.6 Å². The molecule has 43 heavy (non-hydrogen) atoms. The van der Waals surface area contributed by atoms with Crippen molar-refractivity contribution in [2.24, 2.45) is 17.3 Å². The second-order valence-corrected chi connectivity index (χ2v) is 14.9. The van der Waals surface area contributed by atoms with Gasteiger partial charge in [0.2, 0.25) is 0 Å². The summed E-state index contributed by atoms with van der Waals surface area (Å²) in [6.07, 6.45) is -1.96. The molecule has 4 nitrogen and oxygen atoms in total. The molecule has 10 heteroatoms. The number of aliphatic hydroxyl groups is 1. The number of benzene rings is 2. The number of halogens is 5. The van der Waals surface area contributed by atoms with Crippen molar-refractivity contribution in [3.63, 3.8) is 0 Å². The second-order valence-electron chi connectivity index (χ2n) is 12.9. The average Bonchev–Trinajstić information content (AvgIpc) is 3.23. The van der Waals surface area contributed by atoms with E-state index >= 15 is 8.78 Å². The number of rotatable bonds is 4. The molecule has 6 rings (SSSR count). The molecule has 0 aliphatic heterocycles. The summed E-state index contributed by atoms with van der Waals surface area (Å²) in [4.78, 5) is 12.4. The van der Waals surface area contributed by atoms with E-state index in [9.17, 15) is 31.5 Å². The highest BCUT2D eigenvalue weighted by atomic mass is 32.2. The molecule has 0 spiro atoms. The number of ketones is 1. The summed E-state index contributed by atoms with van der Waals surface area (Å²) in [6, 6.07) is 13.7. The first-order valence-corrected chi connectivity index (χ1v) is 16.4. The van der Waals surface area contributed by atoms with Gasteiger partial charge in [-0.15, -0.1) is 0 Å². The summed E-state index contributed by atoms with van der Waals surface area (Å²) in [5.74, 6) is -6.67. The Morgan fingerprint density at radius 2 is 1.63 bits per heavy atom. The molecule has 0 amide bonds. The van der Waals surface area contributed by atoms with E-state index in [0.717, 1.165) is 34.1 Å². The standard InChI is InChI=1S/C33H33F5O4S/c1-30-18-27(20-8-6-19(7-9-20)21-4-3-5-24(17-21)43(2,41)42)29-25-13-11-23(39)16-22(25)10-12-26(29)28(30)14-15-31(30,40)32(34,35)33(36,37)38/h3-9,16-17,26-28,40H,10-15,18H2,1-2H3/t26?,27-,28?,30+,31+/m1/s1. The molecule has 4 aliphatic carbocycles. The molecule has 2 aromatic carbocycles. The monoisotopic (exact) mass is 620 g/mol. The third-order valence-electron chi connectivity index (χ3n) is 10.7. The summed E-state index contributed by atoms with van der Waals surface area (Å²) in [6.45, 7) is 1.40. The van der Waals surface area contributed by atoms with Gasteiger partial charge in [-0.2, -0.15) is 22.0 Å². The molecule has 1 N–H and O–H groups in total. The molecule has 2 fully saturated rings. The summed E-state index contributed by atoms with van der Waals surface area (Å²) in [7, 11) is -3.44. The van der Waals surface area contributed by atoms with Crippen LogP contribution in [0.15, 0.2) is 76.2 Å². The largest absolute Gasteiger partial charge is 0.456 e. The predicted molar refractivity (Wildman–Crippen MR) is 151 cm³/mol. The fraction of sp³-hybridized carbons (Fsp3) is 0.485. The maximum absolute atomic E-state index is 15.2. The lowest BCUT2D eigenvalue weighted by Crippen LogP contribution is -2.65. The van der Waals surface area contributed by atoms with Crippen LogP contribution in [0.1, 0.15) is 63.4 Å². The van der Waals surface area contributed by atoms with E-state index in [1.807, 2.05) is 12.1 Å². The van der Waals surface area contributed by atoms with Gasteiger partial charge in [0, 0.05) is 24.0 Å². The summed E-state index contributed by atoms with van der Waals surface area (Å²) < 4.78 is 95.9. The zero-order chi connectivity index (χ0) is 31.2. The molecule has 0 aromatic heterocycles. The number of carbonyl (C=O) groups excluding carboxylic acids is 1. The van der Waals surface area contributed by atoms with Gasteiger partial charge in [-0.3, -0.25) is 4.79 Å². The van der Waals surface area contributed by atoms with Crippen LogP contribution in [0.5, 0.6) is 0 Å². The number of alkyl halides is 5. The maximum Gasteiger partial charge on any atom is 0.456 e. The molecule has 5 atom stereocenters. The van der Waals surface area contributed by atoms with E-state index < -0.39 is 51.2 Å². The van der Waals surface area contributed by atoms with Gasteiger partial charge in [-0.05, 0) is 96.4 Å². The first-order valence-electron chi connectivity index (χ1n) is 14.5. The lowest BCUT2D eigenvalue weighted by atomic mass is 9.50. The topological polar surface area (TPSA) is 71.4 Å². The van der Waals surface area contributed by atoms with Crippen molar-refractivity contribution in [1.29, 1.82) is 0 Å². The molecule has 4 aliphatic rings. The molecule has 0 saturated heterocycles. The molecule has 0 bridgehead atoms. The van der Waals surface area contributed by atoms with Crippen molar-refractivity contribution in [2.75, 3.05) is 6.26 Å². The van der Waals surface area contributed by atoms with Crippen molar-refractivity contribution in [1.82, 2.24) is 0 Å². The Balaban J connectivity index is 1.47. The minimum absolute atomic E-state index is 0.0238. The minimum atomic E-state index is -5.90. The average molecular weight is 621 g/mol. The van der Waals surface area contributed by atoms with Gasteiger partial charge >= 0.3 is 12.1 Å². The van der Waals surface area contributed by atoms with Gasteiger partial charge in [-0.25, -0.2) is 8.42 Å². The zero-order valence-corrected chi connectivity index (χ0v) is 24.7. The Morgan fingerprint density at radius 3 is 2.28 bits per heavy atom. The Bertz CT molecular complexity index is 1660. The third kappa shape index (κ3) is 4.54. The second kappa shape index (κ2) is 9.83. The highest BCUT2D eigenvalue weighted by Crippen LogP contribution is 2.70. The Kier molecular flexibility index (Phi) is 6.90. The van der Waals surface area contributed by atoms with Crippen LogP contribution < -0.4 is 0 Å². The first kappa shape index (κ1) is 30.2. The lowest BCUT2D eigenvalue weighted by molar-refractivity contribution is -0.362. The van der Waals surface area contributed by atoms with E-state index in [1.165, 1.54) is 13.0 Å². The predicted octanol–water partition coefficient (Wildman–Crippen LogP) is 7.59. The van der Waals surface area contributed by atoms with Gasteiger partial charge in [0.1, 0.15) is 5.60 Å². The fourth-order valence-electron chi connectivity index (χ4n) is 8.53. The van der Waals surface area contributed by atoms with Crippen LogP contribution in [-0.2, 0) is 14.6 Å². The smallest absolute Gasteiger partial charge is 0.383 e. The highest BCUT2D eigenvalue weighted by Gasteiger charge is 2.79. The van der Waals surface area contributed by atoms with Gasteiger partial charge in [0.05, 0.1) is 4.90 Å². The number of hydrogen-bond acceptors (Lipinski definition) is 4. The summed E-state index contributed by atoms with van der Waals surface area (Å²) in [5.41, 5.74) is 0.0362. The van der Waals surface area contributed by atoms with Crippen molar-refractivity contribution in [3.05, 3.63) is 76.9 Å². The van der Waals surface area contributed by atoms with Crippen LogP contribution in [0.4, 0.5) is 22.0 Å². The van der Waals surface area contributed by atoms with E-state index in [1.54, 1.807) is 36.4 Å². The molecule has 2 aromatic rings. The number of sulfone groups is 1. The van der Waals surface area contributed by atoms with Crippen LogP contribution in [0, 0.1) is 17.3 Å². The van der Waals surface area contributed by atoms with Crippen molar-refractivity contribution < 1.29 is 40.3 Å². The maximum atomic E-state index is 15.2. The van der Waals surface area contributed by atoms with E-state index in [0.29, 0.717) is 31.2 Å². The highest BCUT2D eigenvalue weighted by molar-refractivity contribution is 7.90. The van der Waals surface area contributed by atoms with Crippen LogP contribution >= 0.6 is 0 Å². The van der Waals surface area contributed by atoms with Gasteiger partial charge in [0.15, 0.2) is 15.6 Å². The van der Waals surface area contributed by atoms with Crippen LogP contribution in [-0.4, -0.2) is 43.3 Å². The normalized spacial score (nSPS) is 31.3. The van der Waals surface area contributed by atoms with Crippen LogP contribution in [0.25, 0.3) is 11.1 Å². The number of allylic oxidation sites excluding steroid dienone is 4. The molecular formula is C33H33F5O4S. The SMILES string of the molecule is C[C@]12C[C@H](c3ccc(-c4cccc(S(C)(=O)=O)c4)cc3)C3=C4CCC(=O)C=C4CCC3C1CC[C@@]2(O)C(F)(F)C(F)(F)F. The van der Waals surface area contributed by atoms with E-state index in [-0.39, 0.29) is 29.4 Å². The van der Waals surface area contributed by atoms with Gasteiger partial charge < -0.3 is 5.11 Å². The first-order chi connectivity index (χ1) is 20.0. The Hall–Kier alpha value is -2.85. The minimum Gasteiger partial charge on any atom is -0.383 e. The van der Waals surface area contributed by atoms with Gasteiger partial charge in [0.25, 0.3) is 0 Å². The van der Waals surface area contributed by atoms with Gasteiger partial charge in [-0.1, -0.05) is 48.9 Å². The lowest BCUT2D eigenvalue weighted by Gasteiger charge is -2.56. The Labute approximate surface area is 247 Å². The molecule has 2 saturated carbocycles. The van der Waals surface area contributed by atoms with E-state index in [2.05, 4.69) is 0 Å². The molecular weight excluding hydrogens is 587 g/mol. The molecule has 2 unspecified atom stereocenters. The molecule has 230 valence electrons. The summed E-state index contributed by atoms with van der Waals surface area (Å²) in [5, 5.41) is 11.4. The van der Waals surface area contributed by atoms with Crippen LogP contribution in [0.3, 0.4) is 0 Å². The number of hydrogen-bond donors (Lipinski definition) is 1. The van der Waals surface area contributed by atoms with Crippen molar-refractivity contribution in [2.45, 2.75) is 80.4 Å². The third-order valence-corrected chi connectivity index (χ3v) is 11.8. The number of carbonyl (C=O) groups is 1. The fourth-order valence-corrected chi connectivity index (χ4v) is 9.20. The number of fused-ring (bicyclic) bond motifs is 4. The van der Waals surface area contributed by atoms with Crippen molar-refractivity contribution in [3.8, 4) is 11.1 Å². The quantitative estimate of drug-likeness (QED) is 0.358. The van der Waals surface area contributed by atoms with Crippen LogP contribution in [0.2, 0.25) is 0 Å². The molecule has 0 heterocycles. The Morgan fingerprint density at radius 1 is 0.930 bits per heavy atom. The summed E-state index contributed by atoms with van der Waals surface area (Å²) >= 11 is 0. The van der Waals surface area contributed by atoms with E-state index in [4.69, 9.17) is 0 Å².